The number of rotatable bonds is 5. The number of halogens is 1. The fraction of sp³-hybridized carbons (Fsp3) is 0.615. The first kappa shape index (κ1) is 14.3. The highest BCUT2D eigenvalue weighted by Crippen LogP contribution is 2.18. The molecule has 0 unspecified atom stereocenters. The minimum absolute atomic E-state index is 0.0869. The third kappa shape index (κ3) is 5.37. The van der Waals surface area contributed by atoms with Gasteiger partial charge in [-0.25, -0.2) is 4.98 Å². The molecule has 1 aromatic rings. The highest BCUT2D eigenvalue weighted by molar-refractivity contribution is 6.31. The lowest BCUT2D eigenvalue weighted by Gasteiger charge is -2.21. The fourth-order valence-electron chi connectivity index (χ4n) is 1.33. The molecule has 0 aliphatic heterocycles. The molecule has 0 radical (unpaired) electrons. The van der Waals surface area contributed by atoms with Crippen LogP contribution in [0.25, 0.3) is 0 Å². The minimum Gasteiger partial charge on any atom is -0.370 e. The van der Waals surface area contributed by atoms with E-state index in [0.29, 0.717) is 5.02 Å². The van der Waals surface area contributed by atoms with E-state index in [0.717, 1.165) is 30.9 Å². The van der Waals surface area contributed by atoms with Gasteiger partial charge < -0.3 is 10.6 Å². The van der Waals surface area contributed by atoms with Gasteiger partial charge in [-0.05, 0) is 38.8 Å². The standard InChI is InChI=1S/C13H22ClN3/c1-5-6-15-12-7-10(11(14)9-16-12)8-17-13(2,3)4/h7,9,17H,5-6,8H2,1-4H3,(H,15,16). The van der Waals surface area contributed by atoms with Gasteiger partial charge in [0.2, 0.25) is 0 Å². The summed E-state index contributed by atoms with van der Waals surface area (Å²) in [7, 11) is 0. The summed E-state index contributed by atoms with van der Waals surface area (Å²) in [5.41, 5.74) is 1.17. The van der Waals surface area contributed by atoms with Gasteiger partial charge in [0.1, 0.15) is 5.82 Å². The zero-order valence-electron chi connectivity index (χ0n) is 11.1. The average Bonchev–Trinajstić information content (AvgIpc) is 2.25. The van der Waals surface area contributed by atoms with E-state index in [2.05, 4.69) is 43.3 Å². The zero-order chi connectivity index (χ0) is 12.9. The second-order valence-corrected chi connectivity index (χ2v) is 5.60. The van der Waals surface area contributed by atoms with Crippen molar-refractivity contribution in [2.24, 2.45) is 0 Å². The fourth-order valence-corrected chi connectivity index (χ4v) is 1.50. The number of hydrogen-bond acceptors (Lipinski definition) is 3. The Morgan fingerprint density at radius 3 is 2.65 bits per heavy atom. The van der Waals surface area contributed by atoms with Gasteiger partial charge in [-0.2, -0.15) is 0 Å². The predicted molar refractivity (Wildman–Crippen MR) is 74.6 cm³/mol. The van der Waals surface area contributed by atoms with Crippen LogP contribution in [0.1, 0.15) is 39.7 Å². The van der Waals surface area contributed by atoms with E-state index in [1.165, 1.54) is 0 Å². The molecule has 0 aromatic carbocycles. The summed E-state index contributed by atoms with van der Waals surface area (Å²) in [5, 5.41) is 7.40. The van der Waals surface area contributed by atoms with Crippen LogP contribution in [-0.4, -0.2) is 17.1 Å². The molecule has 4 heteroatoms. The van der Waals surface area contributed by atoms with Crippen LogP contribution >= 0.6 is 11.6 Å². The first-order chi connectivity index (χ1) is 7.92. The first-order valence-corrected chi connectivity index (χ1v) is 6.43. The SMILES string of the molecule is CCCNc1cc(CNC(C)(C)C)c(Cl)cn1. The summed E-state index contributed by atoms with van der Waals surface area (Å²) in [6, 6.07) is 2.01. The Morgan fingerprint density at radius 2 is 2.06 bits per heavy atom. The summed E-state index contributed by atoms with van der Waals surface area (Å²) in [5.74, 6) is 0.891. The number of nitrogens with zero attached hydrogens (tertiary/aromatic N) is 1. The minimum atomic E-state index is 0.0869. The Balaban J connectivity index is 2.69. The molecule has 0 atom stereocenters. The molecule has 0 saturated carbocycles. The predicted octanol–water partition coefficient (Wildman–Crippen LogP) is 3.45. The number of nitrogens with one attached hydrogen (secondary N) is 2. The molecule has 3 nitrogen and oxygen atoms in total. The Labute approximate surface area is 109 Å². The summed E-state index contributed by atoms with van der Waals surface area (Å²) in [4.78, 5) is 4.25. The molecule has 2 N–H and O–H groups in total. The van der Waals surface area contributed by atoms with Crippen molar-refractivity contribution >= 4 is 17.4 Å². The quantitative estimate of drug-likeness (QED) is 0.846. The number of anilines is 1. The Kier molecular flexibility index (Phi) is 5.22. The Morgan fingerprint density at radius 1 is 1.35 bits per heavy atom. The van der Waals surface area contributed by atoms with Gasteiger partial charge >= 0.3 is 0 Å². The highest BCUT2D eigenvalue weighted by atomic mass is 35.5. The van der Waals surface area contributed by atoms with Crippen LogP contribution in [-0.2, 0) is 6.54 Å². The highest BCUT2D eigenvalue weighted by Gasteiger charge is 2.10. The second kappa shape index (κ2) is 6.22. The maximum atomic E-state index is 6.13. The molecule has 1 rings (SSSR count). The van der Waals surface area contributed by atoms with Gasteiger partial charge in [0.15, 0.2) is 0 Å². The molecule has 0 saturated heterocycles. The van der Waals surface area contributed by atoms with Crippen molar-refractivity contribution in [1.29, 1.82) is 0 Å². The van der Waals surface area contributed by atoms with E-state index < -0.39 is 0 Å². The maximum Gasteiger partial charge on any atom is 0.126 e. The van der Waals surface area contributed by atoms with Gasteiger partial charge in [-0.15, -0.1) is 0 Å². The van der Waals surface area contributed by atoms with Crippen LogP contribution in [0.3, 0.4) is 0 Å². The third-order valence-corrected chi connectivity index (χ3v) is 2.64. The summed E-state index contributed by atoms with van der Waals surface area (Å²) in [6.45, 7) is 10.2. The molecule has 0 bridgehead atoms. The third-order valence-electron chi connectivity index (χ3n) is 2.30. The first-order valence-electron chi connectivity index (χ1n) is 6.05. The van der Waals surface area contributed by atoms with E-state index in [4.69, 9.17) is 11.6 Å². The average molecular weight is 256 g/mol. The summed E-state index contributed by atoms with van der Waals surface area (Å²) in [6.07, 6.45) is 2.79. The Bertz CT molecular complexity index is 358. The van der Waals surface area contributed by atoms with Crippen LogP contribution < -0.4 is 10.6 Å². The molecule has 0 aliphatic rings. The molecule has 0 spiro atoms. The number of pyridine rings is 1. The molecule has 0 amide bonds. The molecular formula is C13H22ClN3. The monoisotopic (exact) mass is 255 g/mol. The van der Waals surface area contributed by atoms with Gasteiger partial charge in [-0.3, -0.25) is 0 Å². The van der Waals surface area contributed by atoms with E-state index in [9.17, 15) is 0 Å². The van der Waals surface area contributed by atoms with Crippen molar-refractivity contribution in [3.05, 3.63) is 22.8 Å². The molecule has 0 aliphatic carbocycles. The molecule has 17 heavy (non-hydrogen) atoms. The zero-order valence-corrected chi connectivity index (χ0v) is 11.9. The lowest BCUT2D eigenvalue weighted by atomic mass is 10.1. The van der Waals surface area contributed by atoms with Crippen LogP contribution in [0.15, 0.2) is 12.3 Å². The van der Waals surface area contributed by atoms with E-state index in [1.54, 1.807) is 6.20 Å². The van der Waals surface area contributed by atoms with Crippen molar-refractivity contribution in [2.45, 2.75) is 46.2 Å². The van der Waals surface area contributed by atoms with E-state index in [1.807, 2.05) is 6.07 Å². The van der Waals surface area contributed by atoms with Crippen molar-refractivity contribution in [2.75, 3.05) is 11.9 Å². The van der Waals surface area contributed by atoms with E-state index >= 15 is 0 Å². The van der Waals surface area contributed by atoms with Crippen molar-refractivity contribution < 1.29 is 0 Å². The van der Waals surface area contributed by atoms with Crippen molar-refractivity contribution in [1.82, 2.24) is 10.3 Å². The van der Waals surface area contributed by atoms with Gasteiger partial charge in [0.25, 0.3) is 0 Å². The van der Waals surface area contributed by atoms with E-state index in [-0.39, 0.29) is 5.54 Å². The topological polar surface area (TPSA) is 37.0 Å². The maximum absolute atomic E-state index is 6.13. The van der Waals surface area contributed by atoms with Crippen molar-refractivity contribution in [3.63, 3.8) is 0 Å². The second-order valence-electron chi connectivity index (χ2n) is 5.19. The number of aromatic nitrogens is 1. The Hall–Kier alpha value is -0.800. The largest absolute Gasteiger partial charge is 0.370 e. The summed E-state index contributed by atoms with van der Waals surface area (Å²) >= 11 is 6.13. The van der Waals surface area contributed by atoms with Crippen LogP contribution in [0, 0.1) is 0 Å². The van der Waals surface area contributed by atoms with Crippen LogP contribution in [0.2, 0.25) is 5.02 Å². The van der Waals surface area contributed by atoms with Gasteiger partial charge in [-0.1, -0.05) is 18.5 Å². The van der Waals surface area contributed by atoms with Gasteiger partial charge in [0.05, 0.1) is 5.02 Å². The number of hydrogen-bond donors (Lipinski definition) is 2. The molecule has 1 heterocycles. The van der Waals surface area contributed by atoms with Crippen molar-refractivity contribution in [3.8, 4) is 0 Å². The summed E-state index contributed by atoms with van der Waals surface area (Å²) < 4.78 is 0. The molecule has 1 aromatic heterocycles. The van der Waals surface area contributed by atoms with Crippen LogP contribution in [0.5, 0.6) is 0 Å². The molecule has 0 fully saturated rings. The lowest BCUT2D eigenvalue weighted by molar-refractivity contribution is 0.424. The normalized spacial score (nSPS) is 11.6. The smallest absolute Gasteiger partial charge is 0.126 e. The lowest BCUT2D eigenvalue weighted by Crippen LogP contribution is -2.35. The van der Waals surface area contributed by atoms with Gasteiger partial charge in [0, 0.05) is 24.8 Å². The van der Waals surface area contributed by atoms with Crippen LogP contribution in [0.4, 0.5) is 5.82 Å². The molecule has 96 valence electrons. The molecular weight excluding hydrogens is 234 g/mol.